The molecule has 0 saturated carbocycles. The normalized spacial score (nSPS) is 21.2. The molecule has 2 aliphatic heterocycles. The lowest BCUT2D eigenvalue weighted by Crippen LogP contribution is -2.34. The Hall–Kier alpha value is -6.85. The fourth-order valence-electron chi connectivity index (χ4n) is 14.4. The van der Waals surface area contributed by atoms with Gasteiger partial charge in [-0.15, -0.1) is 0 Å². The van der Waals surface area contributed by atoms with E-state index in [1.807, 2.05) is 0 Å². The average Bonchev–Trinajstić information content (AvgIpc) is 4.14. The number of fused-ring (bicyclic) bond motifs is 12. The van der Waals surface area contributed by atoms with E-state index in [4.69, 9.17) is 15.8 Å². The van der Waals surface area contributed by atoms with Gasteiger partial charge in [0.05, 0.1) is 22.7 Å². The molecule has 0 bridgehead atoms. The molecule has 5 nitrogen and oxygen atoms in total. The highest BCUT2D eigenvalue weighted by atomic mass is 15.2. The Morgan fingerprint density at radius 1 is 0.716 bits per heavy atom. The second-order valence-corrected chi connectivity index (χ2v) is 24.6. The van der Waals surface area contributed by atoms with Crippen molar-refractivity contribution < 1.29 is 0 Å². The van der Waals surface area contributed by atoms with Gasteiger partial charge >= 0.3 is 0 Å². The number of hydrogen-bond donors (Lipinski definition) is 2. The number of benzene rings is 4. The molecule has 0 amide bonds. The van der Waals surface area contributed by atoms with E-state index in [0.29, 0.717) is 18.9 Å². The van der Waals surface area contributed by atoms with Crippen molar-refractivity contribution in [3.63, 3.8) is 0 Å². The Bertz CT molecular complexity index is 3600. The van der Waals surface area contributed by atoms with Crippen LogP contribution < -0.4 is 10.7 Å². The maximum Gasteiger partial charge on any atom is 0.0862 e. The highest BCUT2D eigenvalue weighted by Crippen LogP contribution is 2.67. The van der Waals surface area contributed by atoms with Crippen molar-refractivity contribution in [2.45, 2.75) is 137 Å². The number of likely N-dealkylation sites (tertiary alicyclic amines) is 1. The summed E-state index contributed by atoms with van der Waals surface area (Å²) in [5.74, 6) is 0.560. The Morgan fingerprint density at radius 2 is 1.41 bits per heavy atom. The van der Waals surface area contributed by atoms with Crippen LogP contribution in [0.4, 0.5) is 0 Å². The largest absolute Gasteiger partial charge is 0.341 e. The van der Waals surface area contributed by atoms with Crippen LogP contribution in [0.5, 0.6) is 0 Å². The molecule has 74 heavy (non-hydrogen) atoms. The molecule has 2 N–H and O–H groups in total. The smallest absolute Gasteiger partial charge is 0.0862 e. The lowest BCUT2D eigenvalue weighted by molar-refractivity contribution is 0.315. The van der Waals surface area contributed by atoms with Crippen molar-refractivity contribution in [2.24, 2.45) is 16.8 Å². The molecule has 374 valence electrons. The van der Waals surface area contributed by atoms with Gasteiger partial charge in [-0.05, 0) is 201 Å². The zero-order chi connectivity index (χ0) is 51.7. The van der Waals surface area contributed by atoms with Crippen molar-refractivity contribution in [3.05, 3.63) is 209 Å². The summed E-state index contributed by atoms with van der Waals surface area (Å²) >= 11 is 0. The first-order valence-corrected chi connectivity index (χ1v) is 27.4. The molecule has 5 aromatic rings. The van der Waals surface area contributed by atoms with Crippen LogP contribution in [-0.4, -0.2) is 34.5 Å². The first-order valence-electron chi connectivity index (χ1n) is 27.4. The summed E-state index contributed by atoms with van der Waals surface area (Å²) in [5, 5.41) is 18.5. The summed E-state index contributed by atoms with van der Waals surface area (Å²) in [7, 11) is 0. The first kappa shape index (κ1) is 48.1. The molecule has 3 heterocycles. The van der Waals surface area contributed by atoms with E-state index in [-0.39, 0.29) is 22.8 Å². The van der Waals surface area contributed by atoms with Gasteiger partial charge in [0.1, 0.15) is 0 Å². The van der Waals surface area contributed by atoms with Crippen molar-refractivity contribution in [1.82, 2.24) is 9.47 Å². The van der Waals surface area contributed by atoms with Gasteiger partial charge < -0.3 is 20.3 Å². The minimum Gasteiger partial charge on any atom is -0.341 e. The minimum atomic E-state index is -0.419. The number of allylic oxidation sites excluding steroid dienone is 13. The number of nitrogens with zero attached hydrogens (tertiary/aromatic N) is 3. The second-order valence-electron chi connectivity index (χ2n) is 24.6. The van der Waals surface area contributed by atoms with E-state index >= 15 is 0 Å². The number of rotatable bonds is 8. The Labute approximate surface area is 440 Å². The van der Waals surface area contributed by atoms with E-state index in [2.05, 4.69) is 201 Å². The molecule has 5 heteroatoms. The Balaban J connectivity index is 1.03. The minimum absolute atomic E-state index is 0.0276. The van der Waals surface area contributed by atoms with Gasteiger partial charge in [0, 0.05) is 59.7 Å². The predicted molar refractivity (Wildman–Crippen MR) is 309 cm³/mol. The number of aryl methyl sites for hydroxylation is 1. The van der Waals surface area contributed by atoms with Gasteiger partial charge in [-0.25, -0.2) is 0 Å². The van der Waals surface area contributed by atoms with Crippen molar-refractivity contribution in [1.29, 1.82) is 10.8 Å². The average molecular weight is 972 g/mol. The molecule has 1 fully saturated rings. The lowest BCUT2D eigenvalue weighted by Gasteiger charge is -2.39. The monoisotopic (exact) mass is 972 g/mol. The number of hydrogen-bond acceptors (Lipinski definition) is 4. The summed E-state index contributed by atoms with van der Waals surface area (Å²) in [6.07, 6.45) is 25.3. The molecule has 1 aromatic heterocycles. The molecule has 4 aromatic carbocycles. The van der Waals surface area contributed by atoms with E-state index < -0.39 is 5.41 Å². The van der Waals surface area contributed by atoms with Crippen LogP contribution in [0.25, 0.3) is 39.6 Å². The molecule has 7 aliphatic rings. The quantitative estimate of drug-likeness (QED) is 0.150. The topological polar surface area (TPSA) is 68.2 Å². The zero-order valence-corrected chi connectivity index (χ0v) is 45.6. The van der Waals surface area contributed by atoms with E-state index in [1.54, 1.807) is 6.21 Å². The molecule has 3 unspecified atom stereocenters. The third kappa shape index (κ3) is 7.19. The number of nitrogens with one attached hydrogen (secondary N) is 2. The van der Waals surface area contributed by atoms with Gasteiger partial charge in [-0.3, -0.25) is 4.99 Å². The molecule has 1 spiro atoms. The third-order valence-electron chi connectivity index (χ3n) is 18.3. The van der Waals surface area contributed by atoms with Crippen LogP contribution in [0, 0.1) is 36.5 Å². The fraction of sp³-hybridized carbons (Fsp3) is 0.348. The molecule has 5 aliphatic carbocycles. The Morgan fingerprint density at radius 3 is 2.07 bits per heavy atom. The second kappa shape index (κ2) is 17.4. The van der Waals surface area contributed by atoms with Crippen LogP contribution in [-0.2, 0) is 22.7 Å². The van der Waals surface area contributed by atoms with Gasteiger partial charge in [0.15, 0.2) is 0 Å². The van der Waals surface area contributed by atoms with E-state index in [9.17, 15) is 0 Å². The fourth-order valence-corrected chi connectivity index (χ4v) is 14.4. The Kier molecular flexibility index (Phi) is 11.3. The summed E-state index contributed by atoms with van der Waals surface area (Å²) < 4.78 is 2.34. The van der Waals surface area contributed by atoms with Crippen molar-refractivity contribution in [3.8, 4) is 27.9 Å². The lowest BCUT2D eigenvalue weighted by atomic mass is 9.62. The maximum absolute atomic E-state index is 8.24. The first-order chi connectivity index (χ1) is 35.4. The van der Waals surface area contributed by atoms with Crippen LogP contribution in [0.1, 0.15) is 145 Å². The number of aromatic nitrogens is 1. The van der Waals surface area contributed by atoms with E-state index in [1.165, 1.54) is 118 Å². The zero-order valence-electron chi connectivity index (χ0n) is 45.6. The summed E-state index contributed by atoms with van der Waals surface area (Å²) in [6, 6.07) is 29.6. The highest BCUT2D eigenvalue weighted by molar-refractivity contribution is 5.94. The third-order valence-corrected chi connectivity index (χ3v) is 18.3. The molecule has 3 atom stereocenters. The summed E-state index contributed by atoms with van der Waals surface area (Å²) in [5.41, 5.74) is 29.2. The van der Waals surface area contributed by atoms with Crippen LogP contribution >= 0.6 is 0 Å². The van der Waals surface area contributed by atoms with Crippen LogP contribution in [0.3, 0.4) is 0 Å². The SMILES string of the molecule is CC1=CC=C2C(=CC1)C(C)C(CC=N)N2C1=CC(C)=C(C2=CC=C3c4ccc(-c5ccc(-n6c(CC=N)c(C)c7c6=CCN=7)cc5C)cc4C4(c5cc(C(C)(C)C)ccc5-c5ccc(C(C)(C)C)cc54)C3C2)CC1. The van der Waals surface area contributed by atoms with Gasteiger partial charge in [-0.1, -0.05) is 133 Å². The molecule has 1 saturated heterocycles. The summed E-state index contributed by atoms with van der Waals surface area (Å²) in [4.78, 5) is 7.46. The highest BCUT2D eigenvalue weighted by Gasteiger charge is 2.57. The standard InChI is InChI=1S/C69H73N5/c1-40-12-20-53-43(4)62(28-31-70)73(64(53)27-13-40)49-18-25-51(41(2)34-49)45-14-21-54-55-22-15-46(52-26-19-50(35-42(52)3)74-63(29-32-71)44(5)66-65(74)30-33-72-66)37-59(55)69(58(54)36-45)60-38-47(67(6,7)8)16-23-56(60)57-24-17-48(39-61(57)69)68(9,10)11/h13-17,19-24,26-27,30-32,34-35,37-39,43,58,62,70-71H,12,18,25,28-29,33,36H2,1-11H3. The van der Waals surface area contributed by atoms with Crippen molar-refractivity contribution in [2.75, 3.05) is 6.54 Å². The molecule has 12 rings (SSSR count). The van der Waals surface area contributed by atoms with Crippen molar-refractivity contribution >= 4 is 24.1 Å². The molecular formula is C69H73N5. The van der Waals surface area contributed by atoms with Gasteiger partial charge in [0.25, 0.3) is 0 Å². The molecular weight excluding hydrogens is 899 g/mol. The van der Waals surface area contributed by atoms with Crippen LogP contribution in [0.2, 0.25) is 0 Å². The van der Waals surface area contributed by atoms with Gasteiger partial charge in [-0.2, -0.15) is 0 Å². The predicted octanol–water partition coefficient (Wildman–Crippen LogP) is 15.1. The van der Waals surface area contributed by atoms with E-state index in [0.717, 1.165) is 54.2 Å². The maximum atomic E-state index is 8.24. The van der Waals surface area contributed by atoms with Gasteiger partial charge in [0.2, 0.25) is 0 Å². The summed E-state index contributed by atoms with van der Waals surface area (Å²) in [6.45, 7) is 26.3. The van der Waals surface area contributed by atoms with Crippen LogP contribution in [0.15, 0.2) is 154 Å². The molecule has 0 radical (unpaired) electrons.